The number of rotatable bonds is 10. The molecule has 0 saturated carbocycles. The first kappa shape index (κ1) is 18.3. The van der Waals surface area contributed by atoms with E-state index in [4.69, 9.17) is 9.47 Å². The maximum Gasteiger partial charge on any atom is 0.306 e. The minimum atomic E-state index is -0.300. The fourth-order valence-electron chi connectivity index (χ4n) is 0.933. The van der Waals surface area contributed by atoms with Crippen molar-refractivity contribution in [2.75, 3.05) is 35.2 Å². The Morgan fingerprint density at radius 1 is 0.889 bits per heavy atom. The molecule has 0 fully saturated rings. The van der Waals surface area contributed by atoms with Gasteiger partial charge in [-0.05, 0) is 0 Å². The fourth-order valence-corrected chi connectivity index (χ4v) is 1.81. The first-order valence-electron chi connectivity index (χ1n) is 5.45. The van der Waals surface area contributed by atoms with E-state index in [9.17, 15) is 14.8 Å². The van der Waals surface area contributed by atoms with Crippen LogP contribution in [0.2, 0.25) is 0 Å². The molecule has 0 aliphatic rings. The van der Waals surface area contributed by atoms with E-state index in [-0.39, 0.29) is 38.2 Å². The van der Waals surface area contributed by atoms with Crippen molar-refractivity contribution in [3.8, 4) is 0 Å². The molecule has 0 saturated heterocycles. The molecule has 1 radical (unpaired) electrons. The van der Waals surface area contributed by atoms with E-state index in [1.165, 1.54) is 0 Å². The molecule has 0 aromatic carbocycles. The van der Waals surface area contributed by atoms with Gasteiger partial charge in [0.05, 0.1) is 25.9 Å². The number of hydrogen-bond acceptors (Lipinski definition) is 5. The second kappa shape index (κ2) is 12.4. The van der Waals surface area contributed by atoms with Crippen LogP contribution in [0, 0.1) is 0 Å². The summed E-state index contributed by atoms with van der Waals surface area (Å²) in [6, 6.07) is 0. The predicted molar refractivity (Wildman–Crippen MR) is 81.2 cm³/mol. The molecule has 0 aliphatic carbocycles. The summed E-state index contributed by atoms with van der Waals surface area (Å²) in [5, 5.41) is 12.0. The summed E-state index contributed by atoms with van der Waals surface area (Å²) in [4.78, 5) is 22.0. The van der Waals surface area contributed by atoms with E-state index in [1.807, 2.05) is 0 Å². The van der Waals surface area contributed by atoms with E-state index in [1.54, 1.807) is 0 Å². The highest BCUT2D eigenvalue weighted by atomic mass is 127. The quantitative estimate of drug-likeness (QED) is 0.203. The van der Waals surface area contributed by atoms with Crippen molar-refractivity contribution in [1.82, 2.24) is 5.06 Å². The first-order chi connectivity index (χ1) is 8.60. The van der Waals surface area contributed by atoms with E-state index >= 15 is 0 Å². The molecule has 0 N–H and O–H groups in total. The molecule has 0 aromatic heterocycles. The summed E-state index contributed by atoms with van der Waals surface area (Å²) in [6.07, 6.45) is 0.709. The van der Waals surface area contributed by atoms with Crippen LogP contribution in [-0.4, -0.2) is 52.2 Å². The highest BCUT2D eigenvalue weighted by Gasteiger charge is 2.07. The van der Waals surface area contributed by atoms with Gasteiger partial charge in [0.25, 0.3) is 0 Å². The lowest BCUT2D eigenvalue weighted by Gasteiger charge is -2.12. The molecular weight excluding hydrogens is 468 g/mol. The summed E-state index contributed by atoms with van der Waals surface area (Å²) in [5.41, 5.74) is 0. The van der Waals surface area contributed by atoms with Crippen LogP contribution in [0.25, 0.3) is 0 Å². The lowest BCUT2D eigenvalue weighted by atomic mass is 10.5. The van der Waals surface area contributed by atoms with Gasteiger partial charge in [-0.25, -0.2) is 0 Å². The highest BCUT2D eigenvalue weighted by molar-refractivity contribution is 14.1. The van der Waals surface area contributed by atoms with Crippen molar-refractivity contribution in [3.05, 3.63) is 0 Å². The van der Waals surface area contributed by atoms with Crippen LogP contribution in [0.5, 0.6) is 0 Å². The van der Waals surface area contributed by atoms with Gasteiger partial charge in [0.15, 0.2) is 0 Å². The van der Waals surface area contributed by atoms with Crippen molar-refractivity contribution in [2.24, 2.45) is 0 Å². The minimum Gasteiger partial charge on any atom is -0.464 e. The lowest BCUT2D eigenvalue weighted by molar-refractivity contribution is -0.178. The molecule has 0 rings (SSSR count). The third-order valence-corrected chi connectivity index (χ3v) is 2.88. The maximum atomic E-state index is 11.3. The van der Waals surface area contributed by atoms with Crippen LogP contribution in [0.4, 0.5) is 0 Å². The van der Waals surface area contributed by atoms with E-state index in [0.717, 1.165) is 0 Å². The monoisotopic (exact) mass is 484 g/mol. The molecular formula is C10H16I2NO5. The molecule has 0 aliphatic heterocycles. The number of hydrogen-bond donors (Lipinski definition) is 0. The molecule has 0 unspecified atom stereocenters. The van der Waals surface area contributed by atoms with E-state index in [0.29, 0.717) is 26.8 Å². The van der Waals surface area contributed by atoms with Crippen LogP contribution in [0.15, 0.2) is 0 Å². The molecule has 0 bridgehead atoms. The number of ether oxygens (including phenoxy) is 2. The van der Waals surface area contributed by atoms with E-state index < -0.39 is 0 Å². The normalized spacial score (nSPS) is 10.4. The Hall–Kier alpha value is 0.320. The molecule has 18 heavy (non-hydrogen) atoms. The van der Waals surface area contributed by atoms with Gasteiger partial charge in [-0.2, -0.15) is 0 Å². The second-order valence-corrected chi connectivity index (χ2v) is 5.41. The summed E-state index contributed by atoms with van der Waals surface area (Å²) in [6.45, 7) is 0.328. The van der Waals surface area contributed by atoms with Gasteiger partial charge in [-0.1, -0.05) is 45.2 Å². The molecule has 0 aromatic rings. The zero-order valence-corrected chi connectivity index (χ0v) is 14.2. The largest absolute Gasteiger partial charge is 0.464 e. The topological polar surface area (TPSA) is 75.7 Å². The predicted octanol–water partition coefficient (Wildman–Crippen LogP) is 1.37. The van der Waals surface area contributed by atoms with Crippen LogP contribution in [0.1, 0.15) is 12.8 Å². The molecule has 6 nitrogen and oxygen atoms in total. The van der Waals surface area contributed by atoms with Gasteiger partial charge in [-0.3, -0.25) is 9.59 Å². The molecule has 0 spiro atoms. The van der Waals surface area contributed by atoms with Crippen molar-refractivity contribution >= 4 is 57.1 Å². The van der Waals surface area contributed by atoms with Gasteiger partial charge in [0.2, 0.25) is 0 Å². The van der Waals surface area contributed by atoms with Crippen LogP contribution < -0.4 is 0 Å². The van der Waals surface area contributed by atoms with Crippen molar-refractivity contribution in [2.45, 2.75) is 12.8 Å². The lowest BCUT2D eigenvalue weighted by Crippen LogP contribution is -2.28. The maximum absolute atomic E-state index is 11.3. The van der Waals surface area contributed by atoms with Gasteiger partial charge >= 0.3 is 11.9 Å². The number of esters is 2. The summed E-state index contributed by atoms with van der Waals surface area (Å²) < 4.78 is 11.0. The van der Waals surface area contributed by atoms with Crippen LogP contribution >= 0.6 is 45.2 Å². The highest BCUT2D eigenvalue weighted by Crippen LogP contribution is 1.94. The van der Waals surface area contributed by atoms with Crippen molar-refractivity contribution in [1.29, 1.82) is 0 Å². The Morgan fingerprint density at radius 3 is 1.61 bits per heavy atom. The summed E-state index contributed by atoms with van der Waals surface area (Å²) >= 11 is 4.15. The summed E-state index contributed by atoms with van der Waals surface area (Å²) in [7, 11) is 0. The minimum absolute atomic E-state index is 0.0701. The zero-order valence-electron chi connectivity index (χ0n) is 9.90. The summed E-state index contributed by atoms with van der Waals surface area (Å²) in [5.74, 6) is -0.599. The molecule has 105 valence electrons. The van der Waals surface area contributed by atoms with Crippen LogP contribution in [-0.2, 0) is 24.3 Å². The number of hydroxylamine groups is 2. The standard InChI is InChI=1S/C10H16I2NO5/c11-3-1-9(14)17-7-5-13(16)6-8-18-10(15)2-4-12/h1-8H2. The molecule has 0 amide bonds. The number of nitrogens with zero attached hydrogens (tertiary/aromatic N) is 1. The third-order valence-electron chi connectivity index (χ3n) is 1.80. The molecule has 8 heteroatoms. The van der Waals surface area contributed by atoms with Gasteiger partial charge < -0.3 is 9.47 Å². The van der Waals surface area contributed by atoms with Crippen molar-refractivity contribution < 1.29 is 24.3 Å². The smallest absolute Gasteiger partial charge is 0.306 e. The number of carbonyl (C=O) groups is 2. The second-order valence-electron chi connectivity index (χ2n) is 3.25. The van der Waals surface area contributed by atoms with Gasteiger partial charge in [-0.15, -0.1) is 10.3 Å². The average molecular weight is 484 g/mol. The Balaban J connectivity index is 3.45. The Kier molecular flexibility index (Phi) is 12.6. The average Bonchev–Trinajstić information content (AvgIpc) is 2.29. The Bertz CT molecular complexity index is 228. The fraction of sp³-hybridized carbons (Fsp3) is 0.800. The number of alkyl halides is 2. The van der Waals surface area contributed by atoms with Gasteiger partial charge in [0, 0.05) is 8.86 Å². The van der Waals surface area contributed by atoms with Gasteiger partial charge in [0.1, 0.15) is 13.2 Å². The Morgan fingerprint density at radius 2 is 1.28 bits per heavy atom. The molecule has 0 heterocycles. The molecule has 0 atom stereocenters. The zero-order chi connectivity index (χ0) is 13.8. The third kappa shape index (κ3) is 11.4. The Labute approximate surface area is 134 Å². The van der Waals surface area contributed by atoms with E-state index in [2.05, 4.69) is 45.2 Å². The number of halogens is 2. The first-order valence-corrected chi connectivity index (χ1v) is 8.50. The SMILES string of the molecule is [O]N(CCOC(=O)CCI)CCOC(=O)CCI. The van der Waals surface area contributed by atoms with Crippen molar-refractivity contribution in [3.63, 3.8) is 0 Å². The number of carbonyl (C=O) groups excluding carboxylic acids is 2. The van der Waals surface area contributed by atoms with Crippen LogP contribution in [0.3, 0.4) is 0 Å².